The number of carbonyl (C=O) groups is 3. The minimum Gasteiger partial charge on any atom is -0.444 e. The number of amides is 3. The van der Waals surface area contributed by atoms with Gasteiger partial charge in [-0.2, -0.15) is 0 Å². The summed E-state index contributed by atoms with van der Waals surface area (Å²) in [4.78, 5) is 37.5. The number of rotatable bonds is 3. The highest BCUT2D eigenvalue weighted by Gasteiger charge is 2.36. The third-order valence-electron chi connectivity index (χ3n) is 3.63. The normalized spacial score (nSPS) is 17.1. The van der Waals surface area contributed by atoms with E-state index in [2.05, 4.69) is 10.6 Å². The topological polar surface area (TPSA) is 87.7 Å². The van der Waals surface area contributed by atoms with E-state index in [9.17, 15) is 14.4 Å². The molecule has 3 amide bonds. The molecule has 1 heterocycles. The van der Waals surface area contributed by atoms with Crippen LogP contribution in [0.1, 0.15) is 40.5 Å². The van der Waals surface area contributed by atoms with Gasteiger partial charge in [-0.3, -0.25) is 14.5 Å². The van der Waals surface area contributed by atoms with Crippen molar-refractivity contribution < 1.29 is 19.1 Å². The Balaban J connectivity index is 2.04. The van der Waals surface area contributed by atoms with Crippen molar-refractivity contribution in [2.24, 2.45) is 0 Å². The van der Waals surface area contributed by atoms with Crippen LogP contribution in [-0.4, -0.2) is 41.0 Å². The van der Waals surface area contributed by atoms with E-state index in [4.69, 9.17) is 4.74 Å². The highest BCUT2D eigenvalue weighted by molar-refractivity contribution is 5.97. The van der Waals surface area contributed by atoms with E-state index in [0.29, 0.717) is 24.3 Å². The molecule has 2 rings (SSSR count). The van der Waals surface area contributed by atoms with Gasteiger partial charge in [0.1, 0.15) is 11.6 Å². The van der Waals surface area contributed by atoms with E-state index in [1.807, 2.05) is 0 Å². The van der Waals surface area contributed by atoms with Crippen molar-refractivity contribution in [3.63, 3.8) is 0 Å². The number of nitrogens with zero attached hydrogens (tertiary/aromatic N) is 1. The molecule has 1 saturated heterocycles. The van der Waals surface area contributed by atoms with Crippen molar-refractivity contribution in [3.8, 4) is 0 Å². The van der Waals surface area contributed by atoms with E-state index < -0.39 is 17.7 Å². The zero-order chi connectivity index (χ0) is 18.6. The van der Waals surface area contributed by atoms with Gasteiger partial charge in [-0.1, -0.05) is 6.07 Å². The van der Waals surface area contributed by atoms with Crippen LogP contribution in [-0.2, 0) is 14.3 Å². The molecule has 1 fully saturated rings. The third-order valence-corrected chi connectivity index (χ3v) is 3.63. The molecule has 1 aromatic rings. The van der Waals surface area contributed by atoms with Crippen molar-refractivity contribution in [2.75, 3.05) is 17.2 Å². The number of carbonyl (C=O) groups excluding carboxylic acids is 3. The fourth-order valence-corrected chi connectivity index (χ4v) is 2.68. The van der Waals surface area contributed by atoms with Crippen molar-refractivity contribution in [1.82, 2.24) is 4.90 Å². The van der Waals surface area contributed by atoms with Gasteiger partial charge in [0.2, 0.25) is 11.8 Å². The molecule has 25 heavy (non-hydrogen) atoms. The summed E-state index contributed by atoms with van der Waals surface area (Å²) >= 11 is 0. The first kappa shape index (κ1) is 18.8. The first-order valence-corrected chi connectivity index (χ1v) is 8.34. The summed E-state index contributed by atoms with van der Waals surface area (Å²) in [6.07, 6.45) is 0.872. The van der Waals surface area contributed by atoms with Crippen molar-refractivity contribution in [2.45, 2.75) is 52.2 Å². The molecule has 0 saturated carbocycles. The Morgan fingerprint density at radius 1 is 1.16 bits per heavy atom. The largest absolute Gasteiger partial charge is 0.444 e. The first-order valence-electron chi connectivity index (χ1n) is 8.34. The SMILES string of the molecule is CC(=O)Nc1cccc(NC(=O)C2CCCN2C(=O)OC(C)(C)C)c1. The van der Waals surface area contributed by atoms with Gasteiger partial charge < -0.3 is 15.4 Å². The van der Waals surface area contributed by atoms with Crippen LogP contribution in [0.4, 0.5) is 16.2 Å². The van der Waals surface area contributed by atoms with E-state index in [1.165, 1.54) is 11.8 Å². The molecule has 7 nitrogen and oxygen atoms in total. The van der Waals surface area contributed by atoms with Crippen LogP contribution in [0.5, 0.6) is 0 Å². The lowest BCUT2D eigenvalue weighted by atomic mass is 10.2. The fraction of sp³-hybridized carbons (Fsp3) is 0.500. The molecule has 1 aromatic carbocycles. The van der Waals surface area contributed by atoms with Crippen LogP contribution >= 0.6 is 0 Å². The van der Waals surface area contributed by atoms with E-state index in [-0.39, 0.29) is 11.8 Å². The van der Waals surface area contributed by atoms with E-state index >= 15 is 0 Å². The molecule has 0 radical (unpaired) electrons. The van der Waals surface area contributed by atoms with Crippen LogP contribution in [0.15, 0.2) is 24.3 Å². The average Bonchev–Trinajstić information content (AvgIpc) is 2.94. The van der Waals surface area contributed by atoms with Crippen molar-refractivity contribution in [1.29, 1.82) is 0 Å². The minimum atomic E-state index is -0.604. The smallest absolute Gasteiger partial charge is 0.410 e. The third kappa shape index (κ3) is 5.48. The lowest BCUT2D eigenvalue weighted by Gasteiger charge is -2.28. The summed E-state index contributed by atoms with van der Waals surface area (Å²) in [6.45, 7) is 7.30. The predicted octanol–water partition coefficient (Wildman–Crippen LogP) is 2.98. The fourth-order valence-electron chi connectivity index (χ4n) is 2.68. The molecule has 0 spiro atoms. The number of anilines is 2. The highest BCUT2D eigenvalue weighted by atomic mass is 16.6. The second kappa shape index (κ2) is 7.55. The molecule has 0 aliphatic carbocycles. The summed E-state index contributed by atoms with van der Waals surface area (Å²) in [5.41, 5.74) is 0.556. The number of likely N-dealkylation sites (tertiary alicyclic amines) is 1. The Kier molecular flexibility index (Phi) is 5.66. The molecule has 7 heteroatoms. The lowest BCUT2D eigenvalue weighted by Crippen LogP contribution is -2.45. The molecule has 1 unspecified atom stereocenters. The maximum absolute atomic E-state index is 12.6. The minimum absolute atomic E-state index is 0.185. The molecule has 1 aliphatic rings. The van der Waals surface area contributed by atoms with Crippen molar-refractivity contribution in [3.05, 3.63) is 24.3 Å². The van der Waals surface area contributed by atoms with Gasteiger partial charge in [0.05, 0.1) is 0 Å². The summed E-state index contributed by atoms with van der Waals surface area (Å²) < 4.78 is 5.37. The Morgan fingerprint density at radius 2 is 1.80 bits per heavy atom. The summed E-state index contributed by atoms with van der Waals surface area (Å²) in [6, 6.07) is 6.32. The summed E-state index contributed by atoms with van der Waals surface area (Å²) in [7, 11) is 0. The van der Waals surface area contributed by atoms with Gasteiger partial charge in [-0.25, -0.2) is 4.79 Å². The number of nitrogens with one attached hydrogen (secondary N) is 2. The van der Waals surface area contributed by atoms with Gasteiger partial charge in [0, 0.05) is 24.8 Å². The molecule has 1 aliphatic heterocycles. The Hall–Kier alpha value is -2.57. The Labute approximate surface area is 147 Å². The van der Waals surface area contributed by atoms with E-state index in [0.717, 1.165) is 6.42 Å². The number of benzene rings is 1. The van der Waals surface area contributed by atoms with Gasteiger partial charge in [-0.05, 0) is 51.8 Å². The van der Waals surface area contributed by atoms with Gasteiger partial charge >= 0.3 is 6.09 Å². The zero-order valence-electron chi connectivity index (χ0n) is 15.1. The van der Waals surface area contributed by atoms with Gasteiger partial charge in [-0.15, -0.1) is 0 Å². The molecule has 2 N–H and O–H groups in total. The molecule has 136 valence electrons. The summed E-state index contributed by atoms with van der Waals surface area (Å²) in [5, 5.41) is 5.47. The maximum atomic E-state index is 12.6. The molecular formula is C18H25N3O4. The van der Waals surface area contributed by atoms with Crippen molar-refractivity contribution >= 4 is 29.3 Å². The second-order valence-corrected chi connectivity index (χ2v) is 7.08. The molecule has 1 atom stereocenters. The standard InChI is InChI=1S/C18H25N3O4/c1-12(22)19-13-7-5-8-14(11-13)20-16(23)15-9-6-10-21(15)17(24)25-18(2,3)4/h5,7-8,11,15H,6,9-10H2,1-4H3,(H,19,22)(H,20,23). The van der Waals surface area contributed by atoms with E-state index in [1.54, 1.807) is 45.0 Å². The number of ether oxygens (including phenoxy) is 1. The van der Waals surface area contributed by atoms with Gasteiger partial charge in [0.15, 0.2) is 0 Å². The van der Waals surface area contributed by atoms with Gasteiger partial charge in [0.25, 0.3) is 0 Å². The van der Waals surface area contributed by atoms with Crippen LogP contribution in [0.3, 0.4) is 0 Å². The monoisotopic (exact) mass is 347 g/mol. The quantitative estimate of drug-likeness (QED) is 0.880. The first-order chi connectivity index (χ1) is 11.7. The number of hydrogen-bond acceptors (Lipinski definition) is 4. The molecule has 0 aromatic heterocycles. The van der Waals surface area contributed by atoms with Crippen LogP contribution in [0.2, 0.25) is 0 Å². The zero-order valence-corrected chi connectivity index (χ0v) is 15.1. The average molecular weight is 347 g/mol. The van der Waals surface area contributed by atoms with Crippen LogP contribution < -0.4 is 10.6 Å². The lowest BCUT2D eigenvalue weighted by molar-refractivity contribution is -0.120. The highest BCUT2D eigenvalue weighted by Crippen LogP contribution is 2.23. The molecular weight excluding hydrogens is 322 g/mol. The second-order valence-electron chi connectivity index (χ2n) is 7.08. The predicted molar refractivity (Wildman–Crippen MR) is 95.3 cm³/mol. The maximum Gasteiger partial charge on any atom is 0.410 e. The Morgan fingerprint density at radius 3 is 2.40 bits per heavy atom. The van der Waals surface area contributed by atoms with Crippen LogP contribution in [0, 0.1) is 0 Å². The Bertz CT molecular complexity index is 667. The molecule has 0 bridgehead atoms. The number of hydrogen-bond donors (Lipinski definition) is 2. The summed E-state index contributed by atoms with van der Waals surface area (Å²) in [5.74, 6) is -0.446. The van der Waals surface area contributed by atoms with Crippen LogP contribution in [0.25, 0.3) is 0 Å².